The number of nitrogens with two attached hydrogens (primary N) is 1. The highest BCUT2D eigenvalue weighted by molar-refractivity contribution is 7.89. The number of halogens is 1. The molecule has 0 aliphatic rings. The van der Waals surface area contributed by atoms with Crippen LogP contribution in [-0.4, -0.2) is 15.0 Å². The normalized spacial score (nSPS) is 11.2. The monoisotopic (exact) mass is 300 g/mol. The summed E-state index contributed by atoms with van der Waals surface area (Å²) in [6, 6.07) is 2.92. The lowest BCUT2D eigenvalue weighted by Crippen LogP contribution is -2.25. The standard InChI is InChI=1S/C13H17ClN2O2S/c1-3-4-5-6-7-16-19(17,18)13-9-12(15)10(2)8-11(13)14/h1,8-9,16H,4-7,15H2,2H3. The molecule has 19 heavy (non-hydrogen) atoms. The minimum absolute atomic E-state index is 0.00853. The Balaban J connectivity index is 2.78. The molecule has 0 unspecified atom stereocenters. The van der Waals surface area contributed by atoms with Gasteiger partial charge in [-0.3, -0.25) is 0 Å². The molecule has 1 aromatic rings. The van der Waals surface area contributed by atoms with Crippen LogP contribution in [0.5, 0.6) is 0 Å². The number of terminal acetylenes is 1. The third kappa shape index (κ3) is 4.43. The first-order chi connectivity index (χ1) is 8.88. The summed E-state index contributed by atoms with van der Waals surface area (Å²) in [7, 11) is -3.63. The van der Waals surface area contributed by atoms with Gasteiger partial charge in [0.15, 0.2) is 0 Å². The smallest absolute Gasteiger partial charge is 0.242 e. The van der Waals surface area contributed by atoms with E-state index >= 15 is 0 Å². The average Bonchev–Trinajstić information content (AvgIpc) is 2.33. The molecule has 0 amide bonds. The molecule has 0 aliphatic heterocycles. The molecule has 0 fully saturated rings. The fraction of sp³-hybridized carbons (Fsp3) is 0.385. The number of nitrogens with one attached hydrogen (secondary N) is 1. The van der Waals surface area contributed by atoms with Gasteiger partial charge in [0.1, 0.15) is 4.90 Å². The van der Waals surface area contributed by atoms with Crippen LogP contribution in [0.4, 0.5) is 5.69 Å². The maximum absolute atomic E-state index is 12.1. The molecule has 0 saturated heterocycles. The van der Waals surface area contributed by atoms with E-state index in [1.54, 1.807) is 13.0 Å². The number of rotatable bonds is 6. The van der Waals surface area contributed by atoms with E-state index in [-0.39, 0.29) is 9.92 Å². The molecule has 3 N–H and O–H groups in total. The second-order valence-corrected chi connectivity index (χ2v) is 6.34. The van der Waals surface area contributed by atoms with Crippen LogP contribution >= 0.6 is 11.6 Å². The van der Waals surface area contributed by atoms with Crippen molar-refractivity contribution in [2.24, 2.45) is 0 Å². The van der Waals surface area contributed by atoms with Crippen molar-refractivity contribution in [2.45, 2.75) is 31.1 Å². The summed E-state index contributed by atoms with van der Waals surface area (Å²) < 4.78 is 26.6. The van der Waals surface area contributed by atoms with E-state index < -0.39 is 10.0 Å². The number of nitrogen functional groups attached to an aromatic ring is 1. The summed E-state index contributed by atoms with van der Waals surface area (Å²) >= 11 is 5.95. The molecule has 0 atom stereocenters. The number of aryl methyl sites for hydroxylation is 1. The van der Waals surface area contributed by atoms with Crippen LogP contribution in [0.2, 0.25) is 5.02 Å². The van der Waals surface area contributed by atoms with Gasteiger partial charge in [-0.1, -0.05) is 11.6 Å². The molecule has 0 radical (unpaired) electrons. The minimum atomic E-state index is -3.63. The van der Waals surface area contributed by atoms with Gasteiger partial charge in [-0.15, -0.1) is 12.3 Å². The average molecular weight is 301 g/mol. The Morgan fingerprint density at radius 2 is 2.11 bits per heavy atom. The topological polar surface area (TPSA) is 72.2 Å². The van der Waals surface area contributed by atoms with E-state index in [0.717, 1.165) is 12.0 Å². The minimum Gasteiger partial charge on any atom is -0.398 e. The van der Waals surface area contributed by atoms with Crippen molar-refractivity contribution in [1.82, 2.24) is 4.72 Å². The Morgan fingerprint density at radius 3 is 2.74 bits per heavy atom. The number of anilines is 1. The molecule has 6 heteroatoms. The van der Waals surface area contributed by atoms with Crippen LogP contribution in [0.25, 0.3) is 0 Å². The molecule has 0 spiro atoms. The predicted octanol–water partition coefficient (Wildman–Crippen LogP) is 2.31. The summed E-state index contributed by atoms with van der Waals surface area (Å²) in [5.41, 5.74) is 6.86. The summed E-state index contributed by atoms with van der Waals surface area (Å²) in [5, 5.41) is 0.169. The van der Waals surface area contributed by atoms with Gasteiger partial charge in [0.25, 0.3) is 0 Å². The van der Waals surface area contributed by atoms with E-state index in [1.165, 1.54) is 6.07 Å². The highest BCUT2D eigenvalue weighted by Gasteiger charge is 2.18. The zero-order valence-electron chi connectivity index (χ0n) is 10.7. The molecule has 4 nitrogen and oxygen atoms in total. The lowest BCUT2D eigenvalue weighted by Gasteiger charge is -2.10. The number of hydrogen-bond acceptors (Lipinski definition) is 3. The Morgan fingerprint density at radius 1 is 1.42 bits per heavy atom. The fourth-order valence-electron chi connectivity index (χ4n) is 1.51. The zero-order valence-corrected chi connectivity index (χ0v) is 12.3. The SMILES string of the molecule is C#CCCCCNS(=O)(=O)c1cc(N)c(C)cc1Cl. The Labute approximate surface area is 119 Å². The van der Waals surface area contributed by atoms with Crippen molar-refractivity contribution in [3.05, 3.63) is 22.7 Å². The van der Waals surface area contributed by atoms with Crippen molar-refractivity contribution in [1.29, 1.82) is 0 Å². The highest BCUT2D eigenvalue weighted by atomic mass is 35.5. The summed E-state index contributed by atoms with van der Waals surface area (Å²) in [5.74, 6) is 2.50. The van der Waals surface area contributed by atoms with Crippen molar-refractivity contribution in [2.75, 3.05) is 12.3 Å². The molecular formula is C13H17ClN2O2S. The lowest BCUT2D eigenvalue weighted by molar-refractivity contribution is 0.577. The first-order valence-corrected chi connectivity index (χ1v) is 7.73. The molecule has 0 saturated carbocycles. The van der Waals surface area contributed by atoms with Gasteiger partial charge in [-0.05, 0) is 37.5 Å². The van der Waals surface area contributed by atoms with Gasteiger partial charge in [0, 0.05) is 18.7 Å². The van der Waals surface area contributed by atoms with Gasteiger partial charge in [0.2, 0.25) is 10.0 Å². The molecule has 0 aliphatic carbocycles. The molecule has 0 aromatic heterocycles. The van der Waals surface area contributed by atoms with E-state index in [9.17, 15) is 8.42 Å². The third-order valence-electron chi connectivity index (χ3n) is 2.65. The molecule has 104 valence electrons. The maximum Gasteiger partial charge on any atom is 0.242 e. The first-order valence-electron chi connectivity index (χ1n) is 5.87. The van der Waals surface area contributed by atoms with Gasteiger partial charge in [0.05, 0.1) is 5.02 Å². The van der Waals surface area contributed by atoms with Crippen LogP contribution in [0.1, 0.15) is 24.8 Å². The van der Waals surface area contributed by atoms with E-state index in [1.807, 2.05) is 0 Å². The number of sulfonamides is 1. The van der Waals surface area contributed by atoms with Crippen molar-refractivity contribution < 1.29 is 8.42 Å². The quantitative estimate of drug-likeness (QED) is 0.481. The molecular weight excluding hydrogens is 284 g/mol. The van der Waals surface area contributed by atoms with Crippen LogP contribution in [0, 0.1) is 19.3 Å². The summed E-state index contributed by atoms with van der Waals surface area (Å²) in [6.07, 6.45) is 7.22. The van der Waals surface area contributed by atoms with Gasteiger partial charge in [-0.25, -0.2) is 13.1 Å². The molecule has 1 aromatic carbocycles. The predicted molar refractivity (Wildman–Crippen MR) is 78.5 cm³/mol. The van der Waals surface area contributed by atoms with Crippen LogP contribution in [0.3, 0.4) is 0 Å². The van der Waals surface area contributed by atoms with Crippen LogP contribution < -0.4 is 10.5 Å². The maximum atomic E-state index is 12.1. The van der Waals surface area contributed by atoms with Crippen molar-refractivity contribution >= 4 is 27.3 Å². The second kappa shape index (κ2) is 6.80. The highest BCUT2D eigenvalue weighted by Crippen LogP contribution is 2.26. The van der Waals surface area contributed by atoms with Gasteiger partial charge in [-0.2, -0.15) is 0 Å². The number of unbranched alkanes of at least 4 members (excludes halogenated alkanes) is 2. The largest absolute Gasteiger partial charge is 0.398 e. The Bertz CT molecular complexity index is 591. The van der Waals surface area contributed by atoms with Crippen LogP contribution in [0.15, 0.2) is 17.0 Å². The van der Waals surface area contributed by atoms with Gasteiger partial charge >= 0.3 is 0 Å². The Kier molecular flexibility index (Phi) is 5.67. The zero-order chi connectivity index (χ0) is 14.5. The summed E-state index contributed by atoms with van der Waals surface area (Å²) in [4.78, 5) is 0.00853. The van der Waals surface area contributed by atoms with Crippen LogP contribution in [-0.2, 0) is 10.0 Å². The molecule has 0 heterocycles. The first kappa shape index (κ1) is 15.8. The van der Waals surface area contributed by atoms with Gasteiger partial charge < -0.3 is 5.73 Å². The van der Waals surface area contributed by atoms with E-state index in [0.29, 0.717) is 25.1 Å². The lowest BCUT2D eigenvalue weighted by atomic mass is 10.2. The summed E-state index contributed by atoms with van der Waals surface area (Å²) in [6.45, 7) is 2.10. The molecule has 0 bridgehead atoms. The number of benzene rings is 1. The molecule has 1 rings (SSSR count). The Hall–Kier alpha value is -1.22. The van der Waals surface area contributed by atoms with Crippen molar-refractivity contribution in [3.63, 3.8) is 0 Å². The fourth-order valence-corrected chi connectivity index (χ4v) is 3.20. The number of hydrogen-bond donors (Lipinski definition) is 2. The third-order valence-corrected chi connectivity index (χ3v) is 4.58. The van der Waals surface area contributed by atoms with E-state index in [4.69, 9.17) is 23.8 Å². The van der Waals surface area contributed by atoms with E-state index in [2.05, 4.69) is 10.6 Å². The second-order valence-electron chi connectivity index (χ2n) is 4.20. The van der Waals surface area contributed by atoms with Crippen molar-refractivity contribution in [3.8, 4) is 12.3 Å².